The monoisotopic (exact) mass is 455 g/mol. The van der Waals surface area contributed by atoms with E-state index in [2.05, 4.69) is 0 Å². The molecule has 0 saturated heterocycles. The molecule has 0 saturated carbocycles. The second kappa shape index (κ2) is 10.2. The molecule has 0 fully saturated rings. The summed E-state index contributed by atoms with van der Waals surface area (Å²) in [6, 6.07) is 10.2. The quantitative estimate of drug-likeness (QED) is 0.620. The Labute approximate surface area is 177 Å². The lowest BCUT2D eigenvalue weighted by molar-refractivity contribution is -0.133. The van der Waals surface area contributed by atoms with E-state index in [0.29, 0.717) is 11.6 Å². The number of anilines is 1. The topological polar surface area (TPSA) is 86.8 Å². The van der Waals surface area contributed by atoms with E-state index in [9.17, 15) is 31.2 Å². The highest BCUT2D eigenvalue weighted by molar-refractivity contribution is 7.92. The molecule has 2 aromatic rings. The molecule has 166 valence electrons. The number of halogens is 3. The summed E-state index contributed by atoms with van der Waals surface area (Å²) >= 11 is 0. The normalized spacial score (nSPS) is 11.7. The Morgan fingerprint density at radius 3 is 2.26 bits per heavy atom. The van der Waals surface area contributed by atoms with Crippen molar-refractivity contribution in [2.75, 3.05) is 32.5 Å². The lowest BCUT2D eigenvalue weighted by atomic mass is 10.2. The van der Waals surface area contributed by atoms with Crippen molar-refractivity contribution in [3.63, 3.8) is 0 Å². The van der Waals surface area contributed by atoms with Crippen molar-refractivity contribution in [2.24, 2.45) is 0 Å². The molecule has 0 bridgehead atoms. The van der Waals surface area contributed by atoms with Gasteiger partial charge in [-0.1, -0.05) is 30.3 Å². The Kier molecular flexibility index (Phi) is 7.95. The number of rotatable bonds is 8. The number of carbonyl (C=O) groups excluding carboxylic acids is 2. The molecular weight excluding hydrogens is 435 g/mol. The number of hydrogen-bond donors (Lipinski definition) is 1. The summed E-state index contributed by atoms with van der Waals surface area (Å²) in [5.41, 5.74) is 0.0690. The molecule has 0 unspecified atom stereocenters. The molecule has 0 aliphatic rings. The van der Waals surface area contributed by atoms with Crippen LogP contribution in [-0.2, 0) is 19.6 Å². The second-order valence-corrected chi connectivity index (χ2v) is 8.46. The molecule has 0 aliphatic heterocycles. The number of likely N-dealkylation sites (N-methyl/N-ethyl adjacent to an activating group) is 2. The maximum Gasteiger partial charge on any atom is 0.244 e. The summed E-state index contributed by atoms with van der Waals surface area (Å²) in [5.74, 6) is -6.31. The van der Waals surface area contributed by atoms with Crippen LogP contribution >= 0.6 is 0 Å². The van der Waals surface area contributed by atoms with E-state index in [1.807, 2.05) is 5.32 Å². The predicted molar refractivity (Wildman–Crippen MR) is 110 cm³/mol. The molecule has 31 heavy (non-hydrogen) atoms. The molecule has 0 spiro atoms. The summed E-state index contributed by atoms with van der Waals surface area (Å²) < 4.78 is 65.2. The Morgan fingerprint density at radius 2 is 1.61 bits per heavy atom. The van der Waals surface area contributed by atoms with Crippen molar-refractivity contribution < 1.29 is 31.2 Å². The molecule has 0 heterocycles. The van der Waals surface area contributed by atoms with Gasteiger partial charge in [-0.15, -0.1) is 0 Å². The van der Waals surface area contributed by atoms with Crippen LogP contribution in [0.4, 0.5) is 18.9 Å². The fourth-order valence-corrected chi connectivity index (χ4v) is 3.18. The zero-order valence-electron chi connectivity index (χ0n) is 16.7. The molecule has 1 N–H and O–H groups in total. The molecule has 2 aromatic carbocycles. The van der Waals surface area contributed by atoms with Crippen LogP contribution in [0.5, 0.6) is 0 Å². The molecule has 2 amide bonds. The minimum Gasteiger partial charge on any atom is -0.335 e. The van der Waals surface area contributed by atoms with E-state index in [0.717, 1.165) is 20.7 Å². The summed E-state index contributed by atoms with van der Waals surface area (Å²) in [6.07, 6.45) is 1.38. The first-order chi connectivity index (χ1) is 14.5. The molecule has 2 rings (SSSR count). The van der Waals surface area contributed by atoms with Crippen molar-refractivity contribution in [1.82, 2.24) is 9.21 Å². The molecule has 7 nitrogen and oxygen atoms in total. The third-order valence-corrected chi connectivity index (χ3v) is 5.62. The van der Waals surface area contributed by atoms with Crippen molar-refractivity contribution in [2.45, 2.75) is 0 Å². The third kappa shape index (κ3) is 6.66. The lowest BCUT2D eigenvalue weighted by Crippen LogP contribution is -2.41. The van der Waals surface area contributed by atoms with Crippen molar-refractivity contribution >= 4 is 33.6 Å². The number of carbonyl (C=O) groups is 2. The average Bonchev–Trinajstić information content (AvgIpc) is 2.73. The van der Waals surface area contributed by atoms with E-state index in [-0.39, 0.29) is 0 Å². The van der Waals surface area contributed by atoms with Gasteiger partial charge in [0.25, 0.3) is 0 Å². The van der Waals surface area contributed by atoms with E-state index in [1.165, 1.54) is 20.2 Å². The Bertz CT molecular complexity index is 1090. The number of benzene rings is 2. The minimum absolute atomic E-state index is 0.551. The van der Waals surface area contributed by atoms with E-state index >= 15 is 0 Å². The van der Waals surface area contributed by atoms with Gasteiger partial charge in [0.2, 0.25) is 21.8 Å². The predicted octanol–water partition coefficient (Wildman–Crippen LogP) is 2.43. The highest BCUT2D eigenvalue weighted by Crippen LogP contribution is 2.19. The first-order valence-electron chi connectivity index (χ1n) is 8.88. The molecule has 11 heteroatoms. The van der Waals surface area contributed by atoms with E-state index in [1.54, 1.807) is 30.3 Å². The molecular formula is C20H20F3N3O4S. The largest absolute Gasteiger partial charge is 0.335 e. The minimum atomic E-state index is -3.90. The van der Waals surface area contributed by atoms with Crippen molar-refractivity contribution in [3.8, 4) is 0 Å². The number of nitrogens with zero attached hydrogens (tertiary/aromatic N) is 2. The number of amides is 2. The van der Waals surface area contributed by atoms with Crippen molar-refractivity contribution in [3.05, 3.63) is 70.9 Å². The van der Waals surface area contributed by atoms with Crippen LogP contribution in [0.3, 0.4) is 0 Å². The fourth-order valence-electron chi connectivity index (χ4n) is 2.35. The van der Waals surface area contributed by atoms with E-state index < -0.39 is 58.1 Å². The summed E-state index contributed by atoms with van der Waals surface area (Å²) in [4.78, 5) is 25.2. The Morgan fingerprint density at radius 1 is 0.968 bits per heavy atom. The van der Waals surface area contributed by atoms with Crippen LogP contribution in [0.25, 0.3) is 6.08 Å². The standard InChI is InChI=1S/C20H20F3N3O4S/c1-25(12-17(27)24-16-9-8-15(21)19(22)20(16)23)18(28)13-26(2)31(29,30)11-10-14-6-4-3-5-7-14/h3-11H,12-13H2,1-2H3,(H,24,27). The maximum absolute atomic E-state index is 13.6. The van der Waals surface area contributed by atoms with Crippen LogP contribution in [0, 0.1) is 17.5 Å². The average molecular weight is 455 g/mol. The van der Waals surface area contributed by atoms with Gasteiger partial charge in [-0.2, -0.15) is 4.31 Å². The van der Waals surface area contributed by atoms with Gasteiger partial charge in [0.05, 0.1) is 18.8 Å². The van der Waals surface area contributed by atoms with Gasteiger partial charge < -0.3 is 10.2 Å². The molecule has 0 aliphatic carbocycles. The van der Waals surface area contributed by atoms with Crippen molar-refractivity contribution in [1.29, 1.82) is 0 Å². The fraction of sp³-hybridized carbons (Fsp3) is 0.200. The highest BCUT2D eigenvalue weighted by Gasteiger charge is 2.22. The van der Waals surface area contributed by atoms with Crippen LogP contribution in [0.1, 0.15) is 5.56 Å². The van der Waals surface area contributed by atoms with Gasteiger partial charge >= 0.3 is 0 Å². The first kappa shape index (κ1) is 24.1. The van der Waals surface area contributed by atoms with Gasteiger partial charge in [0.1, 0.15) is 0 Å². The van der Waals surface area contributed by atoms with Gasteiger partial charge in [0.15, 0.2) is 17.5 Å². The summed E-state index contributed by atoms with van der Waals surface area (Å²) in [7, 11) is -1.46. The highest BCUT2D eigenvalue weighted by atomic mass is 32.2. The van der Waals surface area contributed by atoms with Crippen LogP contribution in [-0.4, -0.2) is 56.6 Å². The van der Waals surface area contributed by atoms with Gasteiger partial charge in [-0.05, 0) is 23.8 Å². The summed E-state index contributed by atoms with van der Waals surface area (Å²) in [6.45, 7) is -1.12. The van der Waals surface area contributed by atoms with Crippen LogP contribution in [0.2, 0.25) is 0 Å². The zero-order chi connectivity index (χ0) is 23.2. The first-order valence-corrected chi connectivity index (χ1v) is 10.4. The number of sulfonamides is 1. The van der Waals surface area contributed by atoms with Crippen LogP contribution < -0.4 is 5.32 Å². The van der Waals surface area contributed by atoms with Gasteiger partial charge in [-0.25, -0.2) is 21.6 Å². The molecule has 0 atom stereocenters. The van der Waals surface area contributed by atoms with Gasteiger partial charge in [0, 0.05) is 19.5 Å². The number of hydrogen-bond acceptors (Lipinski definition) is 4. The van der Waals surface area contributed by atoms with Gasteiger partial charge in [-0.3, -0.25) is 9.59 Å². The third-order valence-electron chi connectivity index (χ3n) is 4.14. The second-order valence-electron chi connectivity index (χ2n) is 6.54. The number of nitrogens with one attached hydrogen (secondary N) is 1. The SMILES string of the molecule is CN(CC(=O)Nc1ccc(F)c(F)c1F)C(=O)CN(C)S(=O)(=O)C=Cc1ccccc1. The van der Waals surface area contributed by atoms with E-state index in [4.69, 9.17) is 0 Å². The van der Waals surface area contributed by atoms with Crippen LogP contribution in [0.15, 0.2) is 47.9 Å². The zero-order valence-corrected chi connectivity index (χ0v) is 17.5. The smallest absolute Gasteiger partial charge is 0.244 e. The molecule has 0 radical (unpaired) electrons. The maximum atomic E-state index is 13.6. The Balaban J connectivity index is 1.94. The lowest BCUT2D eigenvalue weighted by Gasteiger charge is -2.20. The Hall–Kier alpha value is -3.18. The molecule has 0 aromatic heterocycles. The summed E-state index contributed by atoms with van der Waals surface area (Å²) in [5, 5.41) is 2.98.